The summed E-state index contributed by atoms with van der Waals surface area (Å²) in [6.45, 7) is 1.45. The minimum absolute atomic E-state index is 0.117. The zero-order valence-electron chi connectivity index (χ0n) is 19.7. The summed E-state index contributed by atoms with van der Waals surface area (Å²) in [6, 6.07) is 38.5. The van der Waals surface area contributed by atoms with E-state index in [1.54, 1.807) is 4.90 Å². The molecule has 1 aromatic heterocycles. The molecule has 0 spiro atoms. The molecule has 0 atom stereocenters. The first kappa shape index (κ1) is 22.5. The maximum Gasteiger partial charge on any atom is 0.326 e. The fourth-order valence-electron chi connectivity index (χ4n) is 4.52. The van der Waals surface area contributed by atoms with E-state index in [0.29, 0.717) is 6.54 Å². The monoisotopic (exact) mass is 459 g/mol. The van der Waals surface area contributed by atoms with E-state index in [9.17, 15) is 4.79 Å². The third-order valence-electron chi connectivity index (χ3n) is 6.20. The minimum atomic E-state index is -0.117. The Morgan fingerprint density at radius 1 is 0.714 bits per heavy atom. The highest BCUT2D eigenvalue weighted by Crippen LogP contribution is 2.26. The summed E-state index contributed by atoms with van der Waals surface area (Å²) in [6.07, 6.45) is 4.03. The number of fused-ring (bicyclic) bond motifs is 1. The summed E-state index contributed by atoms with van der Waals surface area (Å²) in [7, 11) is 0. The van der Waals surface area contributed by atoms with Crippen molar-refractivity contribution in [2.45, 2.75) is 19.4 Å². The van der Waals surface area contributed by atoms with E-state index in [4.69, 9.17) is 0 Å². The van der Waals surface area contributed by atoms with Gasteiger partial charge in [-0.2, -0.15) is 0 Å². The summed E-state index contributed by atoms with van der Waals surface area (Å²) < 4.78 is 2.32. The predicted octanol–water partition coefficient (Wildman–Crippen LogP) is 7.17. The second-order valence-electron chi connectivity index (χ2n) is 8.63. The third kappa shape index (κ3) is 5.28. The van der Waals surface area contributed by atoms with Gasteiger partial charge in [0.2, 0.25) is 0 Å². The van der Waals surface area contributed by atoms with E-state index in [2.05, 4.69) is 64.6 Å². The largest absolute Gasteiger partial charge is 0.343 e. The number of aryl methyl sites for hydroxylation is 1. The Morgan fingerprint density at radius 3 is 1.94 bits per heavy atom. The van der Waals surface area contributed by atoms with E-state index in [1.807, 2.05) is 66.7 Å². The molecule has 174 valence electrons. The second-order valence-corrected chi connectivity index (χ2v) is 8.63. The lowest BCUT2D eigenvalue weighted by Gasteiger charge is -2.23. The Kier molecular flexibility index (Phi) is 6.90. The number of aromatic nitrogens is 1. The van der Waals surface area contributed by atoms with Gasteiger partial charge < -0.3 is 9.88 Å². The lowest BCUT2D eigenvalue weighted by molar-refractivity contribution is 0.248. The van der Waals surface area contributed by atoms with Gasteiger partial charge >= 0.3 is 6.03 Å². The van der Waals surface area contributed by atoms with Gasteiger partial charge in [-0.15, -0.1) is 0 Å². The first-order valence-electron chi connectivity index (χ1n) is 12.1. The van der Waals surface area contributed by atoms with E-state index in [1.165, 1.54) is 22.0 Å². The van der Waals surface area contributed by atoms with Crippen LogP contribution in [0.25, 0.3) is 10.9 Å². The zero-order chi connectivity index (χ0) is 23.9. The molecule has 0 bridgehead atoms. The molecule has 4 heteroatoms. The van der Waals surface area contributed by atoms with Gasteiger partial charge in [0.15, 0.2) is 0 Å². The standard InChI is InChI=1S/C31H29N3O/c35-31(34(27-16-6-2-7-17-27)28-18-8-3-9-19-28)32-22-12-15-26-24-33(23-25-13-4-1-5-14-25)30-21-11-10-20-29(26)30/h1-11,13-14,16-21,24H,12,15,22-23H2,(H,32,35). The van der Waals surface area contributed by atoms with Crippen LogP contribution in [-0.4, -0.2) is 17.1 Å². The maximum atomic E-state index is 13.2. The fourth-order valence-corrected chi connectivity index (χ4v) is 4.52. The Balaban J connectivity index is 1.26. The van der Waals surface area contributed by atoms with Crippen molar-refractivity contribution in [3.05, 3.63) is 133 Å². The number of urea groups is 1. The number of anilines is 2. The molecule has 4 aromatic carbocycles. The zero-order valence-corrected chi connectivity index (χ0v) is 19.7. The van der Waals surface area contributed by atoms with E-state index >= 15 is 0 Å². The molecule has 0 aliphatic carbocycles. The first-order valence-corrected chi connectivity index (χ1v) is 12.1. The molecule has 0 fully saturated rings. The predicted molar refractivity (Wildman–Crippen MR) is 144 cm³/mol. The highest BCUT2D eigenvalue weighted by molar-refractivity contribution is 5.99. The number of carbonyl (C=O) groups is 1. The molecule has 0 saturated heterocycles. The molecule has 0 radical (unpaired) electrons. The quantitative estimate of drug-likeness (QED) is 0.245. The van der Waals surface area contributed by atoms with Crippen LogP contribution in [-0.2, 0) is 13.0 Å². The number of nitrogens with one attached hydrogen (secondary N) is 1. The van der Waals surface area contributed by atoms with Crippen LogP contribution in [0.3, 0.4) is 0 Å². The summed E-state index contributed by atoms with van der Waals surface area (Å²) in [5.74, 6) is 0. The van der Waals surface area contributed by atoms with Gasteiger partial charge in [0.05, 0.1) is 11.4 Å². The second kappa shape index (κ2) is 10.7. The van der Waals surface area contributed by atoms with Crippen LogP contribution in [0, 0.1) is 0 Å². The van der Waals surface area contributed by atoms with Crippen LogP contribution in [0.4, 0.5) is 16.2 Å². The van der Waals surface area contributed by atoms with Crippen LogP contribution < -0.4 is 10.2 Å². The number of rotatable bonds is 8. The smallest absolute Gasteiger partial charge is 0.326 e. The highest BCUT2D eigenvalue weighted by atomic mass is 16.2. The molecule has 1 heterocycles. The summed E-state index contributed by atoms with van der Waals surface area (Å²) in [4.78, 5) is 14.9. The number of benzene rings is 4. The molecule has 5 aromatic rings. The highest BCUT2D eigenvalue weighted by Gasteiger charge is 2.17. The number of hydrogen-bond acceptors (Lipinski definition) is 1. The van der Waals surface area contributed by atoms with Crippen molar-refractivity contribution in [2.75, 3.05) is 11.4 Å². The van der Waals surface area contributed by atoms with E-state index < -0.39 is 0 Å². The number of para-hydroxylation sites is 3. The molecular weight excluding hydrogens is 430 g/mol. The van der Waals surface area contributed by atoms with Gasteiger partial charge in [-0.3, -0.25) is 4.90 Å². The molecule has 4 nitrogen and oxygen atoms in total. The van der Waals surface area contributed by atoms with Crippen molar-refractivity contribution in [1.29, 1.82) is 0 Å². The lowest BCUT2D eigenvalue weighted by atomic mass is 10.1. The molecular formula is C31H29N3O. The topological polar surface area (TPSA) is 37.3 Å². The number of carbonyl (C=O) groups excluding carboxylic acids is 1. The maximum absolute atomic E-state index is 13.2. The van der Waals surface area contributed by atoms with Crippen molar-refractivity contribution in [3.63, 3.8) is 0 Å². The first-order chi connectivity index (χ1) is 17.3. The van der Waals surface area contributed by atoms with Crippen LogP contribution >= 0.6 is 0 Å². The lowest BCUT2D eigenvalue weighted by Crippen LogP contribution is -2.37. The molecule has 2 amide bonds. The van der Waals surface area contributed by atoms with Gasteiger partial charge in [0, 0.05) is 30.2 Å². The molecule has 0 aliphatic heterocycles. The van der Waals surface area contributed by atoms with Crippen LogP contribution in [0.15, 0.2) is 121 Å². The molecule has 0 aliphatic rings. The number of hydrogen-bond donors (Lipinski definition) is 1. The van der Waals surface area contributed by atoms with Crippen molar-refractivity contribution in [3.8, 4) is 0 Å². The molecule has 35 heavy (non-hydrogen) atoms. The van der Waals surface area contributed by atoms with Crippen molar-refractivity contribution in [2.24, 2.45) is 0 Å². The van der Waals surface area contributed by atoms with Crippen molar-refractivity contribution in [1.82, 2.24) is 9.88 Å². The SMILES string of the molecule is O=C(NCCCc1cn(Cc2ccccc2)c2ccccc12)N(c1ccccc1)c1ccccc1. The molecule has 0 saturated carbocycles. The van der Waals surface area contributed by atoms with Gasteiger partial charge in [0.25, 0.3) is 0 Å². The summed E-state index contributed by atoms with van der Waals surface area (Å²) >= 11 is 0. The third-order valence-corrected chi connectivity index (χ3v) is 6.20. The van der Waals surface area contributed by atoms with Gasteiger partial charge in [-0.25, -0.2) is 4.79 Å². The van der Waals surface area contributed by atoms with Gasteiger partial charge in [0.1, 0.15) is 0 Å². The fraction of sp³-hybridized carbons (Fsp3) is 0.129. The molecule has 5 rings (SSSR count). The van der Waals surface area contributed by atoms with Crippen LogP contribution in [0.5, 0.6) is 0 Å². The Hall–Kier alpha value is -4.31. The van der Waals surface area contributed by atoms with Gasteiger partial charge in [-0.05, 0) is 54.3 Å². The number of nitrogens with zero attached hydrogens (tertiary/aromatic N) is 2. The van der Waals surface area contributed by atoms with Crippen molar-refractivity contribution >= 4 is 28.3 Å². The Labute approximate surface area is 206 Å². The van der Waals surface area contributed by atoms with Crippen LogP contribution in [0.2, 0.25) is 0 Å². The van der Waals surface area contributed by atoms with Crippen molar-refractivity contribution < 1.29 is 4.79 Å². The molecule has 1 N–H and O–H groups in total. The number of amides is 2. The summed E-state index contributed by atoms with van der Waals surface area (Å²) in [5.41, 5.74) is 5.54. The average Bonchev–Trinajstić information content (AvgIpc) is 3.26. The van der Waals surface area contributed by atoms with Gasteiger partial charge in [-0.1, -0.05) is 84.9 Å². The van der Waals surface area contributed by atoms with E-state index in [-0.39, 0.29) is 6.03 Å². The van der Waals surface area contributed by atoms with E-state index in [0.717, 1.165) is 30.8 Å². The normalized spacial score (nSPS) is 10.9. The Morgan fingerprint density at radius 2 is 1.29 bits per heavy atom. The summed E-state index contributed by atoms with van der Waals surface area (Å²) in [5, 5.41) is 4.41. The minimum Gasteiger partial charge on any atom is -0.343 e. The Bertz CT molecular complexity index is 1340. The van der Waals surface area contributed by atoms with Crippen LogP contribution in [0.1, 0.15) is 17.5 Å². The average molecular weight is 460 g/mol. The molecule has 0 unspecified atom stereocenters.